The van der Waals surface area contributed by atoms with Crippen LogP contribution in [0.3, 0.4) is 0 Å². The Morgan fingerprint density at radius 3 is 2.39 bits per heavy atom. The van der Waals surface area contributed by atoms with Crippen LogP contribution in [-0.4, -0.2) is 0 Å². The molecule has 0 heteroatoms. The van der Waals surface area contributed by atoms with Crippen molar-refractivity contribution in [2.24, 2.45) is 0 Å². The average Bonchev–Trinajstić information content (AvgIpc) is 2.51. The minimum atomic E-state index is 0.136. The van der Waals surface area contributed by atoms with Crippen molar-refractivity contribution in [3.05, 3.63) is 52.6 Å². The quantitative estimate of drug-likeness (QED) is 0.644. The second kappa shape index (κ2) is 4.42. The van der Waals surface area contributed by atoms with Gasteiger partial charge in [-0.3, -0.25) is 0 Å². The largest absolute Gasteiger partial charge is 0.0873 e. The summed E-state index contributed by atoms with van der Waals surface area (Å²) in [4.78, 5) is 0. The molecule has 0 bridgehead atoms. The van der Waals surface area contributed by atoms with E-state index < -0.39 is 0 Å². The van der Waals surface area contributed by atoms with E-state index in [-0.39, 0.29) is 5.41 Å². The molecule has 1 aliphatic rings. The molecule has 1 aromatic rings. The minimum absolute atomic E-state index is 0.136. The van der Waals surface area contributed by atoms with Crippen LogP contribution in [0.25, 0.3) is 5.57 Å². The van der Waals surface area contributed by atoms with Crippen molar-refractivity contribution < 1.29 is 0 Å². The molecule has 0 radical (unpaired) electrons. The fourth-order valence-corrected chi connectivity index (χ4v) is 3.24. The Kier molecular flexibility index (Phi) is 3.23. The van der Waals surface area contributed by atoms with E-state index in [0.717, 1.165) is 0 Å². The Morgan fingerprint density at radius 1 is 1.17 bits per heavy atom. The summed E-state index contributed by atoms with van der Waals surface area (Å²) in [6.45, 7) is 13.6. The molecule has 18 heavy (non-hydrogen) atoms. The lowest BCUT2D eigenvalue weighted by Crippen LogP contribution is -2.16. The maximum Gasteiger partial charge on any atom is 0.0155 e. The van der Waals surface area contributed by atoms with Gasteiger partial charge in [0, 0.05) is 5.41 Å². The third-order valence-electron chi connectivity index (χ3n) is 4.18. The number of fused-ring (bicyclic) bond motifs is 1. The molecule has 2 rings (SSSR count). The van der Waals surface area contributed by atoms with Gasteiger partial charge in [-0.15, -0.1) is 0 Å². The summed E-state index contributed by atoms with van der Waals surface area (Å²) in [6, 6.07) is 6.78. The fraction of sp³-hybridized carbons (Fsp3) is 0.444. The van der Waals surface area contributed by atoms with Crippen molar-refractivity contribution in [1.82, 2.24) is 0 Å². The standard InChI is InChI=1S/C18H24/c1-7-9-15-13(4)17-14(12(2)3)10-8-11-16(17)18(15,5)6/h7-12H,1-6H3/b9-7-. The highest BCUT2D eigenvalue weighted by Gasteiger charge is 2.35. The number of benzene rings is 1. The molecule has 0 spiro atoms. The first-order valence-corrected chi connectivity index (χ1v) is 6.89. The molecule has 1 aliphatic carbocycles. The normalized spacial score (nSPS) is 17.9. The smallest absolute Gasteiger partial charge is 0.0155 e. The lowest BCUT2D eigenvalue weighted by atomic mass is 9.80. The molecule has 0 atom stereocenters. The summed E-state index contributed by atoms with van der Waals surface area (Å²) in [7, 11) is 0. The third-order valence-corrected chi connectivity index (χ3v) is 4.18. The summed E-state index contributed by atoms with van der Waals surface area (Å²) in [6.07, 6.45) is 4.43. The number of rotatable bonds is 2. The van der Waals surface area contributed by atoms with E-state index in [1.165, 1.54) is 27.8 Å². The minimum Gasteiger partial charge on any atom is -0.0873 e. The zero-order chi connectivity index (χ0) is 13.5. The Balaban J connectivity index is 2.75. The van der Waals surface area contributed by atoms with Gasteiger partial charge in [-0.2, -0.15) is 0 Å². The SMILES string of the molecule is C/C=C\C1=C(C)c2c(C(C)C)cccc2C1(C)C. The van der Waals surface area contributed by atoms with E-state index in [1.807, 2.05) is 0 Å². The van der Waals surface area contributed by atoms with Crippen molar-refractivity contribution in [1.29, 1.82) is 0 Å². The third kappa shape index (κ3) is 1.75. The lowest BCUT2D eigenvalue weighted by molar-refractivity contribution is 0.652. The van der Waals surface area contributed by atoms with Crippen LogP contribution in [0.5, 0.6) is 0 Å². The van der Waals surface area contributed by atoms with Gasteiger partial charge < -0.3 is 0 Å². The lowest BCUT2D eigenvalue weighted by Gasteiger charge is -2.23. The fourth-order valence-electron chi connectivity index (χ4n) is 3.24. The number of allylic oxidation sites excluding steroid dienone is 4. The first kappa shape index (κ1) is 13.1. The predicted molar refractivity (Wildman–Crippen MR) is 81.0 cm³/mol. The predicted octanol–water partition coefficient (Wildman–Crippen LogP) is 5.45. The number of hydrogen-bond donors (Lipinski definition) is 0. The molecule has 0 aliphatic heterocycles. The van der Waals surface area contributed by atoms with Gasteiger partial charge in [0.05, 0.1) is 0 Å². The second-order valence-electron chi connectivity index (χ2n) is 6.09. The van der Waals surface area contributed by atoms with Crippen LogP contribution in [-0.2, 0) is 5.41 Å². The first-order valence-electron chi connectivity index (χ1n) is 6.89. The monoisotopic (exact) mass is 240 g/mol. The van der Waals surface area contributed by atoms with Crippen molar-refractivity contribution in [2.75, 3.05) is 0 Å². The van der Waals surface area contributed by atoms with Gasteiger partial charge in [-0.25, -0.2) is 0 Å². The zero-order valence-corrected chi connectivity index (χ0v) is 12.5. The van der Waals surface area contributed by atoms with Crippen molar-refractivity contribution >= 4 is 5.57 Å². The van der Waals surface area contributed by atoms with E-state index in [4.69, 9.17) is 0 Å². The highest BCUT2D eigenvalue weighted by atomic mass is 14.4. The average molecular weight is 240 g/mol. The van der Waals surface area contributed by atoms with E-state index in [0.29, 0.717) is 5.92 Å². The van der Waals surface area contributed by atoms with Crippen molar-refractivity contribution in [3.8, 4) is 0 Å². The summed E-state index contributed by atoms with van der Waals surface area (Å²) in [5.74, 6) is 0.579. The van der Waals surface area contributed by atoms with Gasteiger partial charge in [0.25, 0.3) is 0 Å². The Hall–Kier alpha value is -1.30. The number of hydrogen-bond acceptors (Lipinski definition) is 0. The van der Waals surface area contributed by atoms with Crippen molar-refractivity contribution in [2.45, 2.75) is 52.9 Å². The highest BCUT2D eigenvalue weighted by molar-refractivity contribution is 5.83. The highest BCUT2D eigenvalue weighted by Crippen LogP contribution is 2.48. The molecule has 0 unspecified atom stereocenters. The van der Waals surface area contributed by atoms with Gasteiger partial charge in [-0.1, -0.05) is 58.0 Å². The molecule has 0 saturated heterocycles. The molecular weight excluding hydrogens is 216 g/mol. The molecule has 0 nitrogen and oxygen atoms in total. The molecular formula is C18H24. The van der Waals surface area contributed by atoms with Crippen LogP contribution in [0.1, 0.15) is 64.2 Å². The maximum atomic E-state index is 2.34. The topological polar surface area (TPSA) is 0 Å². The van der Waals surface area contributed by atoms with Crippen LogP contribution in [0.4, 0.5) is 0 Å². The van der Waals surface area contributed by atoms with Crippen LogP contribution in [0.15, 0.2) is 35.9 Å². The molecule has 1 aromatic carbocycles. The molecule has 0 aromatic heterocycles. The van der Waals surface area contributed by atoms with Gasteiger partial charge in [0.1, 0.15) is 0 Å². The van der Waals surface area contributed by atoms with Gasteiger partial charge in [-0.05, 0) is 47.6 Å². The van der Waals surface area contributed by atoms with Crippen LogP contribution < -0.4 is 0 Å². The first-order chi connectivity index (χ1) is 8.41. The van der Waals surface area contributed by atoms with Crippen LogP contribution in [0.2, 0.25) is 0 Å². The van der Waals surface area contributed by atoms with E-state index >= 15 is 0 Å². The van der Waals surface area contributed by atoms with E-state index in [2.05, 4.69) is 71.9 Å². The summed E-state index contributed by atoms with van der Waals surface area (Å²) in [5, 5.41) is 0. The van der Waals surface area contributed by atoms with Crippen LogP contribution in [0, 0.1) is 0 Å². The molecule has 96 valence electrons. The van der Waals surface area contributed by atoms with E-state index in [9.17, 15) is 0 Å². The molecule has 0 heterocycles. The maximum absolute atomic E-state index is 2.34. The Morgan fingerprint density at radius 2 is 1.83 bits per heavy atom. The zero-order valence-electron chi connectivity index (χ0n) is 12.5. The molecule has 0 amide bonds. The Labute approximate surface area is 111 Å². The Bertz CT molecular complexity index is 525. The van der Waals surface area contributed by atoms with Gasteiger partial charge >= 0.3 is 0 Å². The molecule has 0 fully saturated rings. The summed E-state index contributed by atoms with van der Waals surface area (Å²) in [5.41, 5.74) is 7.52. The van der Waals surface area contributed by atoms with E-state index in [1.54, 1.807) is 0 Å². The van der Waals surface area contributed by atoms with Gasteiger partial charge in [0.2, 0.25) is 0 Å². The molecule has 0 saturated carbocycles. The summed E-state index contributed by atoms with van der Waals surface area (Å²) >= 11 is 0. The van der Waals surface area contributed by atoms with Crippen molar-refractivity contribution in [3.63, 3.8) is 0 Å². The van der Waals surface area contributed by atoms with Gasteiger partial charge in [0.15, 0.2) is 0 Å². The van der Waals surface area contributed by atoms with Crippen LogP contribution >= 0.6 is 0 Å². The molecule has 0 N–H and O–H groups in total. The second-order valence-corrected chi connectivity index (χ2v) is 6.09. The summed E-state index contributed by atoms with van der Waals surface area (Å²) < 4.78 is 0.